The molecule has 1 rings (SSSR count). The first-order valence-electron chi connectivity index (χ1n) is 6.86. The number of carbonyl (C=O) groups excluding carboxylic acids is 1. The molecule has 0 aromatic carbocycles. The Balaban J connectivity index is 2.49. The number of thiophene rings is 1. The van der Waals surface area contributed by atoms with E-state index in [9.17, 15) is 4.79 Å². The highest BCUT2D eigenvalue weighted by Crippen LogP contribution is 2.28. The highest BCUT2D eigenvalue weighted by molar-refractivity contribution is 7.10. The fraction of sp³-hybridized carbons (Fsp3) is 0.667. The number of nitrogens with zero attached hydrogens (tertiary/aromatic N) is 1. The normalized spacial score (nSPS) is 13.3. The topological polar surface area (TPSA) is 46.3 Å². The zero-order valence-electron chi connectivity index (χ0n) is 12.5. The van der Waals surface area contributed by atoms with Crippen molar-refractivity contribution in [3.63, 3.8) is 0 Å². The zero-order valence-corrected chi connectivity index (χ0v) is 13.3. The lowest BCUT2D eigenvalue weighted by atomic mass is 9.84. The third-order valence-corrected chi connectivity index (χ3v) is 4.81. The van der Waals surface area contributed by atoms with Crippen molar-refractivity contribution in [2.75, 3.05) is 13.6 Å². The lowest BCUT2D eigenvalue weighted by molar-refractivity contribution is -0.132. The van der Waals surface area contributed by atoms with Gasteiger partial charge in [0.15, 0.2) is 0 Å². The van der Waals surface area contributed by atoms with Gasteiger partial charge in [0.1, 0.15) is 0 Å². The van der Waals surface area contributed by atoms with E-state index in [1.807, 2.05) is 18.0 Å². The standard InChI is InChI=1S/C15H26N2OS/c1-12(13-6-5-11-19-13)17(4)14(18)7-8-15(2,3)9-10-16/h5-6,11-12H,7-10,16H2,1-4H3. The highest BCUT2D eigenvalue weighted by atomic mass is 32.1. The molecule has 1 amide bonds. The molecular formula is C15H26N2OS. The number of amides is 1. The molecule has 1 aromatic heterocycles. The van der Waals surface area contributed by atoms with Gasteiger partial charge < -0.3 is 10.6 Å². The van der Waals surface area contributed by atoms with Crippen LogP contribution in [0.25, 0.3) is 0 Å². The molecule has 0 radical (unpaired) electrons. The second-order valence-corrected chi connectivity index (χ2v) is 6.88. The van der Waals surface area contributed by atoms with Crippen molar-refractivity contribution in [3.05, 3.63) is 22.4 Å². The van der Waals surface area contributed by atoms with E-state index in [1.165, 1.54) is 4.88 Å². The van der Waals surface area contributed by atoms with E-state index in [2.05, 4.69) is 32.2 Å². The summed E-state index contributed by atoms with van der Waals surface area (Å²) in [5.41, 5.74) is 5.75. The molecule has 108 valence electrons. The summed E-state index contributed by atoms with van der Waals surface area (Å²) in [5, 5.41) is 2.05. The lowest BCUT2D eigenvalue weighted by Gasteiger charge is -2.27. The Morgan fingerprint density at radius 3 is 2.68 bits per heavy atom. The van der Waals surface area contributed by atoms with Crippen LogP contribution in [-0.4, -0.2) is 24.4 Å². The summed E-state index contributed by atoms with van der Waals surface area (Å²) < 4.78 is 0. The molecule has 3 nitrogen and oxygen atoms in total. The minimum atomic E-state index is 0.150. The van der Waals surface area contributed by atoms with E-state index in [-0.39, 0.29) is 17.4 Å². The van der Waals surface area contributed by atoms with Crippen molar-refractivity contribution < 1.29 is 4.79 Å². The maximum Gasteiger partial charge on any atom is 0.222 e. The number of carbonyl (C=O) groups is 1. The van der Waals surface area contributed by atoms with E-state index in [0.717, 1.165) is 12.8 Å². The van der Waals surface area contributed by atoms with E-state index >= 15 is 0 Å². The van der Waals surface area contributed by atoms with Crippen LogP contribution in [0.1, 0.15) is 51.0 Å². The Morgan fingerprint density at radius 2 is 2.16 bits per heavy atom. The summed E-state index contributed by atoms with van der Waals surface area (Å²) in [6, 6.07) is 4.27. The quantitative estimate of drug-likeness (QED) is 0.833. The smallest absolute Gasteiger partial charge is 0.222 e. The second kappa shape index (κ2) is 7.06. The van der Waals surface area contributed by atoms with E-state index in [1.54, 1.807) is 11.3 Å². The third-order valence-electron chi connectivity index (χ3n) is 3.77. The maximum absolute atomic E-state index is 12.2. The van der Waals surface area contributed by atoms with E-state index in [4.69, 9.17) is 5.73 Å². The Hall–Kier alpha value is -0.870. The molecular weight excluding hydrogens is 256 g/mol. The first-order valence-corrected chi connectivity index (χ1v) is 7.74. The predicted octanol–water partition coefficient (Wildman–Crippen LogP) is 3.42. The molecule has 0 saturated heterocycles. The van der Waals surface area contributed by atoms with Gasteiger partial charge in [0.2, 0.25) is 5.91 Å². The van der Waals surface area contributed by atoms with Crippen LogP contribution in [0.3, 0.4) is 0 Å². The average molecular weight is 282 g/mol. The largest absolute Gasteiger partial charge is 0.338 e. The van der Waals surface area contributed by atoms with Gasteiger partial charge in [-0.05, 0) is 43.2 Å². The van der Waals surface area contributed by atoms with Crippen LogP contribution in [0.15, 0.2) is 17.5 Å². The van der Waals surface area contributed by atoms with E-state index < -0.39 is 0 Å². The van der Waals surface area contributed by atoms with Crippen LogP contribution >= 0.6 is 11.3 Å². The number of hydrogen-bond acceptors (Lipinski definition) is 3. The molecule has 1 aromatic rings. The van der Waals surface area contributed by atoms with Gasteiger partial charge in [-0.2, -0.15) is 0 Å². The van der Waals surface area contributed by atoms with Crippen molar-refractivity contribution >= 4 is 17.2 Å². The Kier molecular flexibility index (Phi) is 6.01. The molecule has 1 atom stereocenters. The molecule has 0 fully saturated rings. The van der Waals surface area contributed by atoms with Gasteiger partial charge in [-0.25, -0.2) is 0 Å². The number of hydrogen-bond donors (Lipinski definition) is 1. The molecule has 2 N–H and O–H groups in total. The van der Waals surface area contributed by atoms with Gasteiger partial charge >= 0.3 is 0 Å². The van der Waals surface area contributed by atoms with E-state index in [0.29, 0.717) is 13.0 Å². The van der Waals surface area contributed by atoms with Gasteiger partial charge in [-0.3, -0.25) is 4.79 Å². The molecule has 0 aliphatic rings. The van der Waals surface area contributed by atoms with Gasteiger partial charge in [-0.1, -0.05) is 19.9 Å². The van der Waals surface area contributed by atoms with Crippen LogP contribution in [-0.2, 0) is 4.79 Å². The molecule has 0 bridgehead atoms. The summed E-state index contributed by atoms with van der Waals surface area (Å²) >= 11 is 1.70. The van der Waals surface area contributed by atoms with Gasteiger partial charge in [0, 0.05) is 18.3 Å². The highest BCUT2D eigenvalue weighted by Gasteiger charge is 2.22. The summed E-state index contributed by atoms with van der Waals surface area (Å²) in [6.45, 7) is 7.11. The van der Waals surface area contributed by atoms with Crippen LogP contribution in [0.2, 0.25) is 0 Å². The van der Waals surface area contributed by atoms with Crippen LogP contribution in [0.5, 0.6) is 0 Å². The Bertz CT molecular complexity index is 387. The monoisotopic (exact) mass is 282 g/mol. The minimum Gasteiger partial charge on any atom is -0.338 e. The predicted molar refractivity (Wildman–Crippen MR) is 82.2 cm³/mol. The molecule has 19 heavy (non-hydrogen) atoms. The molecule has 0 saturated carbocycles. The fourth-order valence-electron chi connectivity index (χ4n) is 2.07. The van der Waals surface area contributed by atoms with Gasteiger partial charge in [0.25, 0.3) is 0 Å². The molecule has 0 aliphatic carbocycles. The summed E-state index contributed by atoms with van der Waals surface area (Å²) in [6.07, 6.45) is 2.45. The average Bonchev–Trinajstić information content (AvgIpc) is 2.88. The fourth-order valence-corrected chi connectivity index (χ4v) is 2.90. The van der Waals surface area contributed by atoms with Gasteiger partial charge in [0.05, 0.1) is 6.04 Å². The third kappa shape index (κ3) is 4.96. The molecule has 4 heteroatoms. The Morgan fingerprint density at radius 1 is 1.47 bits per heavy atom. The lowest BCUT2D eigenvalue weighted by Crippen LogP contribution is -2.30. The van der Waals surface area contributed by atoms with Crippen molar-refractivity contribution in [1.29, 1.82) is 0 Å². The first kappa shape index (κ1) is 16.2. The van der Waals surface area contributed by atoms with Crippen LogP contribution in [0, 0.1) is 5.41 Å². The number of nitrogens with two attached hydrogens (primary N) is 1. The van der Waals surface area contributed by atoms with Crippen LogP contribution in [0.4, 0.5) is 0 Å². The zero-order chi connectivity index (χ0) is 14.5. The van der Waals surface area contributed by atoms with Crippen molar-refractivity contribution in [2.45, 2.75) is 46.1 Å². The molecule has 1 unspecified atom stereocenters. The summed E-state index contributed by atoms with van der Waals surface area (Å²) in [4.78, 5) is 15.3. The SMILES string of the molecule is CC(c1cccs1)N(C)C(=O)CCC(C)(C)CCN. The summed E-state index contributed by atoms with van der Waals surface area (Å²) in [7, 11) is 1.89. The molecule has 0 spiro atoms. The minimum absolute atomic E-state index is 0.150. The first-order chi connectivity index (χ1) is 8.87. The second-order valence-electron chi connectivity index (χ2n) is 5.90. The van der Waals surface area contributed by atoms with Gasteiger partial charge in [-0.15, -0.1) is 11.3 Å². The number of rotatable bonds is 7. The van der Waals surface area contributed by atoms with Crippen molar-refractivity contribution in [2.24, 2.45) is 11.1 Å². The maximum atomic E-state index is 12.2. The molecule has 0 aliphatic heterocycles. The molecule has 1 heterocycles. The summed E-state index contributed by atoms with van der Waals surface area (Å²) in [5.74, 6) is 0.214. The Labute approximate surface area is 120 Å². The van der Waals surface area contributed by atoms with Crippen molar-refractivity contribution in [1.82, 2.24) is 4.90 Å². The van der Waals surface area contributed by atoms with Crippen molar-refractivity contribution in [3.8, 4) is 0 Å². The van der Waals surface area contributed by atoms with Crippen LogP contribution < -0.4 is 5.73 Å².